The summed E-state index contributed by atoms with van der Waals surface area (Å²) in [5.74, 6) is 0.882. The van der Waals surface area contributed by atoms with Gasteiger partial charge in [0.2, 0.25) is 5.91 Å². The van der Waals surface area contributed by atoms with Crippen molar-refractivity contribution < 1.29 is 4.79 Å². The van der Waals surface area contributed by atoms with E-state index < -0.39 is 0 Å². The van der Waals surface area contributed by atoms with Gasteiger partial charge in [-0.2, -0.15) is 0 Å². The molecule has 1 heterocycles. The summed E-state index contributed by atoms with van der Waals surface area (Å²) in [7, 11) is 0. The van der Waals surface area contributed by atoms with Gasteiger partial charge in [-0.15, -0.1) is 0 Å². The average Bonchev–Trinajstić information content (AvgIpc) is 3.27. The van der Waals surface area contributed by atoms with Gasteiger partial charge >= 0.3 is 0 Å². The first-order valence-corrected chi connectivity index (χ1v) is 7.40. The third-order valence-electron chi connectivity index (χ3n) is 4.29. The smallest absolute Gasteiger partial charge is 0.223 e. The van der Waals surface area contributed by atoms with Gasteiger partial charge in [-0.05, 0) is 37.3 Å². The van der Waals surface area contributed by atoms with Crippen LogP contribution in [-0.2, 0) is 4.79 Å². The summed E-state index contributed by atoms with van der Waals surface area (Å²) in [4.78, 5) is 12.1. The maximum atomic E-state index is 12.1. The van der Waals surface area contributed by atoms with E-state index in [4.69, 9.17) is 0 Å². The van der Waals surface area contributed by atoms with Crippen LogP contribution in [0.15, 0.2) is 30.3 Å². The van der Waals surface area contributed by atoms with Crippen LogP contribution < -0.4 is 10.6 Å². The zero-order chi connectivity index (χ0) is 13.1. The molecule has 102 valence electrons. The van der Waals surface area contributed by atoms with Gasteiger partial charge in [-0.3, -0.25) is 4.79 Å². The molecule has 1 aromatic carbocycles. The van der Waals surface area contributed by atoms with Crippen LogP contribution in [0.25, 0.3) is 0 Å². The van der Waals surface area contributed by atoms with Crippen LogP contribution in [0.3, 0.4) is 0 Å². The summed E-state index contributed by atoms with van der Waals surface area (Å²) in [6, 6.07) is 10.9. The number of carbonyl (C=O) groups is 1. The first-order valence-electron chi connectivity index (χ1n) is 7.40. The lowest BCUT2D eigenvalue weighted by Gasteiger charge is -2.23. The van der Waals surface area contributed by atoms with Crippen LogP contribution in [0.4, 0.5) is 0 Å². The molecule has 3 atom stereocenters. The molecule has 2 aliphatic rings. The fraction of sp³-hybridized carbons (Fsp3) is 0.562. The third kappa shape index (κ3) is 3.16. The van der Waals surface area contributed by atoms with E-state index in [1.165, 1.54) is 24.8 Å². The summed E-state index contributed by atoms with van der Waals surface area (Å²) in [6.07, 6.45) is 4.74. The molecule has 3 unspecified atom stereocenters. The normalized spacial score (nSPS) is 29.8. The second kappa shape index (κ2) is 5.74. The molecule has 1 saturated carbocycles. The summed E-state index contributed by atoms with van der Waals surface area (Å²) >= 11 is 0. The molecule has 0 aromatic heterocycles. The predicted octanol–water partition coefficient (Wildman–Crippen LogP) is 2.05. The van der Waals surface area contributed by atoms with Gasteiger partial charge in [-0.25, -0.2) is 0 Å². The number of rotatable bonds is 4. The van der Waals surface area contributed by atoms with Gasteiger partial charge < -0.3 is 10.6 Å². The van der Waals surface area contributed by atoms with E-state index in [-0.39, 0.29) is 11.8 Å². The maximum Gasteiger partial charge on any atom is 0.223 e. The van der Waals surface area contributed by atoms with Crippen LogP contribution in [0.1, 0.15) is 37.2 Å². The van der Waals surface area contributed by atoms with Crippen molar-refractivity contribution in [3.05, 3.63) is 35.9 Å². The van der Waals surface area contributed by atoms with Crippen molar-refractivity contribution in [2.24, 2.45) is 5.92 Å². The second-order valence-electron chi connectivity index (χ2n) is 5.75. The highest BCUT2D eigenvalue weighted by Crippen LogP contribution is 2.47. The number of nitrogens with one attached hydrogen (secondary N) is 2. The molecule has 3 rings (SSSR count). The van der Waals surface area contributed by atoms with Crippen molar-refractivity contribution in [2.45, 2.75) is 37.6 Å². The second-order valence-corrected chi connectivity index (χ2v) is 5.75. The van der Waals surface area contributed by atoms with Gasteiger partial charge in [-0.1, -0.05) is 36.8 Å². The molecule has 1 amide bonds. The Labute approximate surface area is 114 Å². The molecule has 0 bridgehead atoms. The van der Waals surface area contributed by atoms with E-state index in [0.29, 0.717) is 12.0 Å². The van der Waals surface area contributed by atoms with E-state index in [9.17, 15) is 4.79 Å². The molecular formula is C16H22N2O. The minimum absolute atomic E-state index is 0.200. The van der Waals surface area contributed by atoms with E-state index in [1.54, 1.807) is 0 Å². The number of hydrogen-bond acceptors (Lipinski definition) is 2. The van der Waals surface area contributed by atoms with Crippen molar-refractivity contribution in [3.8, 4) is 0 Å². The molecule has 0 radical (unpaired) electrons. The van der Waals surface area contributed by atoms with Crippen molar-refractivity contribution in [2.75, 3.05) is 13.1 Å². The molecule has 3 heteroatoms. The molecule has 0 spiro atoms. The predicted molar refractivity (Wildman–Crippen MR) is 75.9 cm³/mol. The van der Waals surface area contributed by atoms with E-state index in [2.05, 4.69) is 34.9 Å². The van der Waals surface area contributed by atoms with Crippen molar-refractivity contribution >= 4 is 5.91 Å². The SMILES string of the molecule is O=C(NCC1CCCCN1)C1CC1c1ccccc1. The highest BCUT2D eigenvalue weighted by Gasteiger charge is 2.43. The highest BCUT2D eigenvalue weighted by molar-refractivity contribution is 5.82. The monoisotopic (exact) mass is 258 g/mol. The standard InChI is InChI=1S/C16H22N2O/c19-16(18-11-13-8-4-5-9-17-13)15-10-14(15)12-6-2-1-3-7-12/h1-3,6-7,13-15,17H,4-5,8-11H2,(H,18,19). The van der Waals surface area contributed by atoms with Crippen molar-refractivity contribution in [3.63, 3.8) is 0 Å². The Kier molecular flexibility index (Phi) is 3.83. The molecular weight excluding hydrogens is 236 g/mol. The lowest BCUT2D eigenvalue weighted by Crippen LogP contribution is -2.43. The third-order valence-corrected chi connectivity index (χ3v) is 4.29. The minimum Gasteiger partial charge on any atom is -0.354 e. The number of benzene rings is 1. The Morgan fingerprint density at radius 1 is 1.26 bits per heavy atom. The lowest BCUT2D eigenvalue weighted by atomic mass is 10.0. The molecule has 3 nitrogen and oxygen atoms in total. The van der Waals surface area contributed by atoms with Gasteiger partial charge in [0, 0.05) is 18.5 Å². The lowest BCUT2D eigenvalue weighted by molar-refractivity contribution is -0.122. The molecule has 19 heavy (non-hydrogen) atoms. The zero-order valence-electron chi connectivity index (χ0n) is 11.3. The topological polar surface area (TPSA) is 41.1 Å². The molecule has 1 saturated heterocycles. The molecule has 1 aliphatic heterocycles. The van der Waals surface area contributed by atoms with Crippen LogP contribution in [-0.4, -0.2) is 25.0 Å². The van der Waals surface area contributed by atoms with E-state index in [1.807, 2.05) is 6.07 Å². The number of amides is 1. The van der Waals surface area contributed by atoms with E-state index in [0.717, 1.165) is 19.5 Å². The summed E-state index contributed by atoms with van der Waals surface area (Å²) in [5.41, 5.74) is 1.30. The van der Waals surface area contributed by atoms with Crippen molar-refractivity contribution in [1.29, 1.82) is 0 Å². The number of hydrogen-bond donors (Lipinski definition) is 2. The molecule has 1 aliphatic carbocycles. The summed E-state index contributed by atoms with van der Waals surface area (Å²) in [5, 5.41) is 6.57. The molecule has 2 fully saturated rings. The first kappa shape index (κ1) is 12.7. The van der Waals surface area contributed by atoms with Gasteiger partial charge in [0.1, 0.15) is 0 Å². The van der Waals surface area contributed by atoms with Gasteiger partial charge in [0.25, 0.3) is 0 Å². The maximum absolute atomic E-state index is 12.1. The Morgan fingerprint density at radius 3 is 2.84 bits per heavy atom. The quantitative estimate of drug-likeness (QED) is 0.868. The Bertz CT molecular complexity index is 426. The van der Waals surface area contributed by atoms with Gasteiger partial charge in [0.15, 0.2) is 0 Å². The van der Waals surface area contributed by atoms with Gasteiger partial charge in [0.05, 0.1) is 0 Å². The largest absolute Gasteiger partial charge is 0.354 e. The number of piperidine rings is 1. The average molecular weight is 258 g/mol. The first-order chi connectivity index (χ1) is 9.34. The summed E-state index contributed by atoms with van der Waals surface area (Å²) in [6.45, 7) is 1.88. The minimum atomic E-state index is 0.200. The van der Waals surface area contributed by atoms with Crippen LogP contribution in [0.2, 0.25) is 0 Å². The molecule has 2 N–H and O–H groups in total. The highest BCUT2D eigenvalue weighted by atomic mass is 16.2. The Balaban J connectivity index is 1.45. The van der Waals surface area contributed by atoms with Crippen LogP contribution in [0, 0.1) is 5.92 Å². The van der Waals surface area contributed by atoms with Crippen LogP contribution in [0.5, 0.6) is 0 Å². The fourth-order valence-corrected chi connectivity index (χ4v) is 3.01. The Hall–Kier alpha value is -1.35. The Morgan fingerprint density at radius 2 is 2.11 bits per heavy atom. The zero-order valence-corrected chi connectivity index (χ0v) is 11.3. The van der Waals surface area contributed by atoms with E-state index >= 15 is 0 Å². The summed E-state index contributed by atoms with van der Waals surface area (Å²) < 4.78 is 0. The molecule has 1 aromatic rings. The number of carbonyl (C=O) groups excluding carboxylic acids is 1. The van der Waals surface area contributed by atoms with Crippen LogP contribution >= 0.6 is 0 Å². The fourth-order valence-electron chi connectivity index (χ4n) is 3.01. The van der Waals surface area contributed by atoms with Crippen molar-refractivity contribution in [1.82, 2.24) is 10.6 Å².